The summed E-state index contributed by atoms with van der Waals surface area (Å²) >= 11 is 3.33. The summed E-state index contributed by atoms with van der Waals surface area (Å²) in [5.41, 5.74) is 3.67. The van der Waals surface area contributed by atoms with E-state index in [-0.39, 0.29) is 23.5 Å². The maximum atomic E-state index is 12.5. The van der Waals surface area contributed by atoms with E-state index in [0.717, 1.165) is 37.5 Å². The van der Waals surface area contributed by atoms with Crippen molar-refractivity contribution >= 4 is 29.0 Å². The number of hydrogen-bond acceptors (Lipinski definition) is 6. The van der Waals surface area contributed by atoms with Crippen LogP contribution in [-0.2, 0) is 21.5 Å². The number of carbonyl (C=O) groups excluding carboxylic acids is 1. The summed E-state index contributed by atoms with van der Waals surface area (Å²) in [5.74, 6) is 0.540. The van der Waals surface area contributed by atoms with E-state index in [1.165, 1.54) is 21.6 Å². The van der Waals surface area contributed by atoms with Gasteiger partial charge in [-0.05, 0) is 43.3 Å². The van der Waals surface area contributed by atoms with Gasteiger partial charge in [0.15, 0.2) is 0 Å². The minimum Gasteiger partial charge on any atom is -0.378 e. The molecular weight excluding hydrogens is 462 g/mol. The molecule has 0 unspecified atom stereocenters. The number of benzene rings is 2. The number of hydrogen-bond donors (Lipinski definition) is 1. The van der Waals surface area contributed by atoms with Gasteiger partial charge in [-0.25, -0.2) is 4.98 Å². The van der Waals surface area contributed by atoms with Gasteiger partial charge in [0, 0.05) is 35.7 Å². The first kappa shape index (κ1) is 23.5. The van der Waals surface area contributed by atoms with Gasteiger partial charge < -0.3 is 10.1 Å². The molecule has 1 aromatic heterocycles. The quantitative estimate of drug-likeness (QED) is 0.508. The number of likely N-dealkylation sites (tertiary alicyclic amines) is 1. The fraction of sp³-hybridized carbons (Fsp3) is 0.407. The van der Waals surface area contributed by atoms with Crippen LogP contribution in [0, 0.1) is 0 Å². The zero-order valence-electron chi connectivity index (χ0n) is 19.7. The fourth-order valence-corrected chi connectivity index (χ4v) is 7.00. The van der Waals surface area contributed by atoms with Crippen LogP contribution in [0.4, 0.5) is 0 Å². The number of rotatable bonds is 7. The highest BCUT2D eigenvalue weighted by molar-refractivity contribution is 7.99. The van der Waals surface area contributed by atoms with Crippen LogP contribution >= 0.6 is 23.1 Å². The first-order valence-electron chi connectivity index (χ1n) is 11.8. The first-order chi connectivity index (χ1) is 16.6. The molecule has 178 valence electrons. The summed E-state index contributed by atoms with van der Waals surface area (Å²) < 4.78 is 6.14. The second-order valence-corrected chi connectivity index (χ2v) is 11.1. The van der Waals surface area contributed by atoms with Gasteiger partial charge in [-0.15, -0.1) is 11.3 Å². The molecule has 1 spiro atoms. The lowest BCUT2D eigenvalue weighted by atomic mass is 9.72. The highest BCUT2D eigenvalue weighted by Gasteiger charge is 2.53. The number of piperidine rings is 1. The van der Waals surface area contributed by atoms with E-state index in [1.807, 2.05) is 18.5 Å². The monoisotopic (exact) mass is 493 g/mol. The van der Waals surface area contributed by atoms with Crippen LogP contribution in [-0.4, -0.2) is 54.1 Å². The molecule has 1 aliphatic carbocycles. The second kappa shape index (κ2) is 10.2. The number of amides is 1. The van der Waals surface area contributed by atoms with Crippen molar-refractivity contribution in [1.29, 1.82) is 0 Å². The second-order valence-electron chi connectivity index (χ2n) is 9.15. The van der Waals surface area contributed by atoms with Crippen LogP contribution < -0.4 is 5.32 Å². The Kier molecular flexibility index (Phi) is 7.06. The predicted molar refractivity (Wildman–Crippen MR) is 140 cm³/mol. The van der Waals surface area contributed by atoms with Gasteiger partial charge in [0.2, 0.25) is 5.91 Å². The average molecular weight is 494 g/mol. The van der Waals surface area contributed by atoms with Gasteiger partial charge in [-0.2, -0.15) is 11.8 Å². The van der Waals surface area contributed by atoms with Gasteiger partial charge in [0.05, 0.1) is 17.9 Å². The third-order valence-corrected chi connectivity index (χ3v) is 8.81. The third-order valence-electron chi connectivity index (χ3n) is 7.23. The molecule has 2 heterocycles. The van der Waals surface area contributed by atoms with E-state index in [1.54, 1.807) is 30.2 Å². The molecule has 0 radical (unpaired) electrons. The lowest BCUT2D eigenvalue weighted by Crippen LogP contribution is -2.50. The average Bonchev–Trinajstić information content (AvgIpc) is 3.43. The molecule has 1 N–H and O–H groups in total. The van der Waals surface area contributed by atoms with Crippen LogP contribution in [0.15, 0.2) is 60.8 Å². The Morgan fingerprint density at radius 1 is 1.18 bits per heavy atom. The van der Waals surface area contributed by atoms with E-state index in [9.17, 15) is 4.79 Å². The third kappa shape index (κ3) is 4.42. The smallest absolute Gasteiger partial charge is 0.230 e. The maximum absolute atomic E-state index is 12.5. The lowest BCUT2D eigenvalue weighted by Gasteiger charge is -2.44. The zero-order valence-corrected chi connectivity index (χ0v) is 21.3. The number of thiazole rings is 1. The number of ether oxygens (including phenoxy) is 1. The number of nitrogens with zero attached hydrogens (tertiary/aromatic N) is 2. The van der Waals surface area contributed by atoms with Crippen molar-refractivity contribution in [2.75, 3.05) is 32.2 Å². The molecule has 0 bridgehead atoms. The topological polar surface area (TPSA) is 54.5 Å². The van der Waals surface area contributed by atoms with Gasteiger partial charge in [0.25, 0.3) is 0 Å². The van der Waals surface area contributed by atoms with E-state index in [4.69, 9.17) is 4.74 Å². The minimum absolute atomic E-state index is 0.0501. The van der Waals surface area contributed by atoms with E-state index in [2.05, 4.69) is 63.7 Å². The Morgan fingerprint density at radius 2 is 1.91 bits per heavy atom. The number of fused-ring (bicyclic) bond motifs is 2. The molecule has 0 saturated carbocycles. The Balaban J connectivity index is 1.31. The Morgan fingerprint density at radius 3 is 2.65 bits per heavy atom. The van der Waals surface area contributed by atoms with Crippen LogP contribution in [0.1, 0.15) is 34.9 Å². The molecule has 2 aliphatic rings. The highest BCUT2D eigenvalue weighted by atomic mass is 32.2. The number of aromatic nitrogens is 1. The fourth-order valence-electron chi connectivity index (χ4n) is 5.70. The van der Waals surface area contributed by atoms with E-state index in [0.29, 0.717) is 5.75 Å². The van der Waals surface area contributed by atoms with Crippen molar-refractivity contribution in [2.24, 2.45) is 0 Å². The summed E-state index contributed by atoms with van der Waals surface area (Å²) in [5, 5.41) is 4.35. The predicted octanol–water partition coefficient (Wildman–Crippen LogP) is 4.89. The molecule has 34 heavy (non-hydrogen) atoms. The molecule has 5 rings (SSSR count). The maximum Gasteiger partial charge on any atom is 0.230 e. The summed E-state index contributed by atoms with van der Waals surface area (Å²) in [4.78, 5) is 21.0. The minimum atomic E-state index is -0.0951. The standard InChI is InChI=1S/C27H31N3O2S2/c1-32-25-24(29-23(31)18-33-2)21-10-6-7-11-22(21)27(25)12-14-30(15-13-27)17-20-16-28-26(34-20)19-8-4-3-5-9-19/h3-11,16,24-25H,12-15,17-18H2,1-2H3,(H,29,31)/t24-,25+/m1/s1. The first-order valence-corrected chi connectivity index (χ1v) is 14.0. The van der Waals surface area contributed by atoms with E-state index < -0.39 is 0 Å². The Labute approximate surface area is 209 Å². The summed E-state index contributed by atoms with van der Waals surface area (Å²) in [6.45, 7) is 2.92. The molecule has 2 aromatic carbocycles. The van der Waals surface area contributed by atoms with Crippen molar-refractivity contribution in [1.82, 2.24) is 15.2 Å². The molecule has 1 fully saturated rings. The Bertz CT molecular complexity index is 1130. The van der Waals surface area contributed by atoms with Crippen molar-refractivity contribution in [3.8, 4) is 10.6 Å². The number of nitrogens with one attached hydrogen (secondary N) is 1. The van der Waals surface area contributed by atoms with Gasteiger partial charge in [-0.1, -0.05) is 54.6 Å². The normalized spacial score (nSPS) is 21.5. The molecule has 2 atom stereocenters. The number of methoxy groups -OCH3 is 1. The van der Waals surface area contributed by atoms with Gasteiger partial charge in [0.1, 0.15) is 5.01 Å². The zero-order chi connectivity index (χ0) is 23.5. The van der Waals surface area contributed by atoms with Crippen LogP contribution in [0.2, 0.25) is 0 Å². The molecule has 3 aromatic rings. The molecular formula is C27H31N3O2S2. The molecule has 5 nitrogen and oxygen atoms in total. The lowest BCUT2D eigenvalue weighted by molar-refractivity contribution is -0.121. The van der Waals surface area contributed by atoms with Gasteiger partial charge >= 0.3 is 0 Å². The summed E-state index contributed by atoms with van der Waals surface area (Å²) in [6.07, 6.45) is 5.96. The van der Waals surface area contributed by atoms with Gasteiger partial charge in [-0.3, -0.25) is 9.69 Å². The van der Waals surface area contributed by atoms with Crippen molar-refractivity contribution in [3.63, 3.8) is 0 Å². The van der Waals surface area contributed by atoms with Crippen LogP contribution in [0.25, 0.3) is 10.6 Å². The van der Waals surface area contributed by atoms with Crippen molar-refractivity contribution in [2.45, 2.75) is 36.9 Å². The molecule has 7 heteroatoms. The molecule has 1 aliphatic heterocycles. The highest BCUT2D eigenvalue weighted by Crippen LogP contribution is 2.52. The van der Waals surface area contributed by atoms with E-state index >= 15 is 0 Å². The van der Waals surface area contributed by atoms with Crippen molar-refractivity contribution in [3.05, 3.63) is 76.8 Å². The SMILES string of the molecule is CO[C@H]1[C@H](NC(=O)CSC)c2ccccc2C12CCN(Cc1cnc(-c3ccccc3)s1)CC2. The van der Waals surface area contributed by atoms with Crippen LogP contribution in [0.3, 0.4) is 0 Å². The Hall–Kier alpha value is -2.19. The van der Waals surface area contributed by atoms with Crippen LogP contribution in [0.5, 0.6) is 0 Å². The summed E-state index contributed by atoms with van der Waals surface area (Å²) in [7, 11) is 1.79. The van der Waals surface area contributed by atoms with Crippen molar-refractivity contribution < 1.29 is 9.53 Å². The number of carbonyl (C=O) groups is 1. The summed E-state index contributed by atoms with van der Waals surface area (Å²) in [6, 6.07) is 18.9. The molecule has 1 amide bonds. The number of thioether (sulfide) groups is 1. The molecule has 1 saturated heterocycles. The largest absolute Gasteiger partial charge is 0.378 e.